The van der Waals surface area contributed by atoms with Crippen LogP contribution in [0.15, 0.2) is 0 Å². The molecule has 0 aliphatic heterocycles. The Morgan fingerprint density at radius 1 is 1.14 bits per heavy atom. The minimum atomic E-state index is 0.542. The van der Waals surface area contributed by atoms with Gasteiger partial charge >= 0.3 is 0 Å². The molecule has 0 amide bonds. The first-order valence-corrected chi connectivity index (χ1v) is 9.53. The smallest absolute Gasteiger partial charge is 0.00473 e. The third-order valence-electron chi connectivity index (χ3n) is 5.76. The van der Waals surface area contributed by atoms with Crippen LogP contribution < -0.4 is 5.32 Å². The molecular formula is C19H38N2. The maximum atomic E-state index is 3.74. The van der Waals surface area contributed by atoms with E-state index in [0.717, 1.165) is 11.8 Å². The van der Waals surface area contributed by atoms with Crippen LogP contribution in [0.2, 0.25) is 0 Å². The molecule has 1 N–H and O–H groups in total. The third kappa shape index (κ3) is 5.56. The fourth-order valence-electron chi connectivity index (χ4n) is 4.93. The number of rotatable bonds is 8. The van der Waals surface area contributed by atoms with E-state index < -0.39 is 0 Å². The summed E-state index contributed by atoms with van der Waals surface area (Å²) < 4.78 is 0. The highest BCUT2D eigenvalue weighted by Gasteiger charge is 2.35. The van der Waals surface area contributed by atoms with E-state index in [9.17, 15) is 0 Å². The van der Waals surface area contributed by atoms with Crippen molar-refractivity contribution in [1.29, 1.82) is 0 Å². The summed E-state index contributed by atoms with van der Waals surface area (Å²) in [6.45, 7) is 9.80. The van der Waals surface area contributed by atoms with Crippen LogP contribution in [0, 0.1) is 17.3 Å². The lowest BCUT2D eigenvalue weighted by Gasteiger charge is -2.43. The topological polar surface area (TPSA) is 15.3 Å². The lowest BCUT2D eigenvalue weighted by Crippen LogP contribution is -2.46. The van der Waals surface area contributed by atoms with Crippen LogP contribution >= 0.6 is 0 Å². The van der Waals surface area contributed by atoms with Crippen molar-refractivity contribution in [3.05, 3.63) is 0 Å². The molecule has 124 valence electrons. The van der Waals surface area contributed by atoms with Crippen molar-refractivity contribution in [1.82, 2.24) is 10.2 Å². The summed E-state index contributed by atoms with van der Waals surface area (Å²) in [5.41, 5.74) is 0.542. The average Bonchev–Trinajstić information content (AvgIpc) is 2.91. The Bertz CT molecular complexity index is 285. The summed E-state index contributed by atoms with van der Waals surface area (Å²) in [5, 5.41) is 3.74. The van der Waals surface area contributed by atoms with Gasteiger partial charge in [0.25, 0.3) is 0 Å². The first kappa shape index (κ1) is 17.3. The van der Waals surface area contributed by atoms with Crippen molar-refractivity contribution in [2.75, 3.05) is 33.2 Å². The van der Waals surface area contributed by atoms with Crippen molar-refractivity contribution in [3.8, 4) is 0 Å². The van der Waals surface area contributed by atoms with E-state index >= 15 is 0 Å². The highest BCUT2D eigenvalue weighted by molar-refractivity contribution is 4.90. The molecule has 2 saturated carbocycles. The summed E-state index contributed by atoms with van der Waals surface area (Å²) in [6, 6.07) is 0. The summed E-state index contributed by atoms with van der Waals surface area (Å²) in [4.78, 5) is 2.67. The third-order valence-corrected chi connectivity index (χ3v) is 5.76. The lowest BCUT2D eigenvalue weighted by molar-refractivity contribution is 0.0853. The number of nitrogens with one attached hydrogen (secondary N) is 1. The van der Waals surface area contributed by atoms with Gasteiger partial charge in [-0.05, 0) is 62.9 Å². The molecule has 0 aromatic carbocycles. The summed E-state index contributed by atoms with van der Waals surface area (Å²) in [7, 11) is 2.37. The van der Waals surface area contributed by atoms with Gasteiger partial charge in [-0.3, -0.25) is 0 Å². The largest absolute Gasteiger partial charge is 0.316 e. The average molecular weight is 295 g/mol. The van der Waals surface area contributed by atoms with E-state index in [2.05, 4.69) is 31.1 Å². The van der Waals surface area contributed by atoms with Gasteiger partial charge < -0.3 is 10.2 Å². The van der Waals surface area contributed by atoms with E-state index in [1.807, 2.05) is 0 Å². The van der Waals surface area contributed by atoms with Crippen LogP contribution in [0.4, 0.5) is 0 Å². The Hall–Kier alpha value is -0.0800. The van der Waals surface area contributed by atoms with Gasteiger partial charge in [0.05, 0.1) is 0 Å². The van der Waals surface area contributed by atoms with Crippen LogP contribution in [0.1, 0.15) is 71.6 Å². The van der Waals surface area contributed by atoms with Crippen molar-refractivity contribution in [2.24, 2.45) is 17.3 Å². The zero-order valence-electron chi connectivity index (χ0n) is 14.8. The Morgan fingerprint density at radius 2 is 1.90 bits per heavy atom. The lowest BCUT2D eigenvalue weighted by atomic mass is 9.69. The molecule has 2 aliphatic carbocycles. The Kier molecular flexibility index (Phi) is 7.01. The highest BCUT2D eigenvalue weighted by Crippen LogP contribution is 2.40. The van der Waals surface area contributed by atoms with Gasteiger partial charge in [-0.15, -0.1) is 0 Å². The Balaban J connectivity index is 1.87. The molecule has 0 heterocycles. The van der Waals surface area contributed by atoms with E-state index in [1.165, 1.54) is 84.0 Å². The van der Waals surface area contributed by atoms with Crippen molar-refractivity contribution in [2.45, 2.75) is 71.6 Å². The Morgan fingerprint density at radius 3 is 2.57 bits per heavy atom. The molecule has 2 rings (SSSR count). The quantitative estimate of drug-likeness (QED) is 0.671. The van der Waals surface area contributed by atoms with Crippen LogP contribution in [-0.2, 0) is 0 Å². The number of nitrogens with zero attached hydrogens (tertiary/aromatic N) is 1. The van der Waals surface area contributed by atoms with Crippen LogP contribution in [-0.4, -0.2) is 38.1 Å². The molecule has 2 heteroatoms. The van der Waals surface area contributed by atoms with E-state index in [-0.39, 0.29) is 0 Å². The fraction of sp³-hybridized carbons (Fsp3) is 1.00. The van der Waals surface area contributed by atoms with Gasteiger partial charge in [0.1, 0.15) is 0 Å². The second-order valence-electron chi connectivity index (χ2n) is 8.23. The molecule has 0 bridgehead atoms. The van der Waals surface area contributed by atoms with Gasteiger partial charge in [0.15, 0.2) is 0 Å². The molecule has 0 spiro atoms. The predicted octanol–water partition coefficient (Wildman–Crippen LogP) is 4.30. The van der Waals surface area contributed by atoms with Gasteiger partial charge in [-0.2, -0.15) is 0 Å². The maximum absolute atomic E-state index is 3.74. The van der Waals surface area contributed by atoms with E-state index in [4.69, 9.17) is 0 Å². The minimum absolute atomic E-state index is 0.542. The molecular weight excluding hydrogens is 256 g/mol. The highest BCUT2D eigenvalue weighted by atomic mass is 15.1. The second kappa shape index (κ2) is 8.53. The molecule has 0 radical (unpaired) electrons. The standard InChI is InChI=1S/C19H38N2/c1-4-12-20-15-19(11-7-8-17(2)13-19)16-21(3)14-18-9-5-6-10-18/h17-18,20H,4-16H2,1-3H3. The normalized spacial score (nSPS) is 31.1. The molecule has 0 saturated heterocycles. The van der Waals surface area contributed by atoms with Crippen molar-refractivity contribution >= 4 is 0 Å². The monoisotopic (exact) mass is 294 g/mol. The number of hydrogen-bond donors (Lipinski definition) is 1. The molecule has 0 aromatic rings. The van der Waals surface area contributed by atoms with Crippen molar-refractivity contribution in [3.63, 3.8) is 0 Å². The summed E-state index contributed by atoms with van der Waals surface area (Å²) >= 11 is 0. The van der Waals surface area contributed by atoms with E-state index in [0.29, 0.717) is 5.41 Å². The van der Waals surface area contributed by atoms with Gasteiger partial charge in [-0.1, -0.05) is 39.5 Å². The SMILES string of the molecule is CCCNCC1(CN(C)CC2CCCC2)CCCC(C)C1. The molecule has 2 fully saturated rings. The van der Waals surface area contributed by atoms with Crippen LogP contribution in [0.3, 0.4) is 0 Å². The van der Waals surface area contributed by atoms with E-state index in [1.54, 1.807) is 0 Å². The van der Waals surface area contributed by atoms with Crippen molar-refractivity contribution < 1.29 is 0 Å². The maximum Gasteiger partial charge on any atom is 0.00473 e. The Labute approximate surface area is 133 Å². The van der Waals surface area contributed by atoms with Gasteiger partial charge in [-0.25, -0.2) is 0 Å². The second-order valence-corrected chi connectivity index (χ2v) is 8.23. The molecule has 2 atom stereocenters. The van der Waals surface area contributed by atoms with Gasteiger partial charge in [0, 0.05) is 19.6 Å². The first-order chi connectivity index (χ1) is 10.1. The zero-order valence-corrected chi connectivity index (χ0v) is 14.8. The summed E-state index contributed by atoms with van der Waals surface area (Å²) in [5.74, 6) is 1.90. The minimum Gasteiger partial charge on any atom is -0.316 e. The number of hydrogen-bond acceptors (Lipinski definition) is 2. The van der Waals surface area contributed by atoms with Crippen LogP contribution in [0.5, 0.6) is 0 Å². The molecule has 2 nitrogen and oxygen atoms in total. The van der Waals surface area contributed by atoms with Crippen LogP contribution in [0.25, 0.3) is 0 Å². The zero-order chi connectivity index (χ0) is 15.1. The van der Waals surface area contributed by atoms with Gasteiger partial charge in [0.2, 0.25) is 0 Å². The predicted molar refractivity (Wildman–Crippen MR) is 92.7 cm³/mol. The first-order valence-electron chi connectivity index (χ1n) is 9.53. The fourth-order valence-corrected chi connectivity index (χ4v) is 4.93. The molecule has 0 aromatic heterocycles. The molecule has 2 unspecified atom stereocenters. The summed E-state index contributed by atoms with van der Waals surface area (Å²) in [6.07, 6.45) is 12.9. The molecule has 21 heavy (non-hydrogen) atoms. The molecule has 2 aliphatic rings.